The lowest BCUT2D eigenvalue weighted by Crippen LogP contribution is -2.40. The van der Waals surface area contributed by atoms with E-state index in [4.69, 9.17) is 9.47 Å². The molecule has 0 N–H and O–H groups in total. The highest BCUT2D eigenvalue weighted by Crippen LogP contribution is 2.24. The smallest absolute Gasteiger partial charge is 0.338 e. The first-order valence-corrected chi connectivity index (χ1v) is 12.1. The lowest BCUT2D eigenvalue weighted by molar-refractivity contribution is 0.0457. The number of aromatic nitrogens is 2. The maximum absolute atomic E-state index is 13.0. The van der Waals surface area contributed by atoms with Gasteiger partial charge in [0.2, 0.25) is 10.0 Å². The summed E-state index contributed by atoms with van der Waals surface area (Å²) in [6.07, 6.45) is 0. The third kappa shape index (κ3) is 4.15. The molecule has 0 aliphatic carbocycles. The second kappa shape index (κ2) is 9.01. The van der Waals surface area contributed by atoms with E-state index in [9.17, 15) is 13.2 Å². The summed E-state index contributed by atoms with van der Waals surface area (Å²) in [6.45, 7) is 7.88. The van der Waals surface area contributed by atoms with Gasteiger partial charge in [-0.3, -0.25) is 0 Å². The van der Waals surface area contributed by atoms with Crippen LogP contribution in [0, 0.1) is 13.8 Å². The zero-order chi connectivity index (χ0) is 22.9. The zero-order valence-corrected chi connectivity index (χ0v) is 19.3. The van der Waals surface area contributed by atoms with E-state index in [1.807, 2.05) is 37.5 Å². The van der Waals surface area contributed by atoms with Crippen LogP contribution in [0.5, 0.6) is 0 Å². The number of morpholine rings is 1. The Kier molecular flexibility index (Phi) is 6.32. The van der Waals surface area contributed by atoms with Crippen LogP contribution in [0.1, 0.15) is 34.2 Å². The number of rotatable bonds is 6. The second-order valence-electron chi connectivity index (χ2n) is 7.76. The molecule has 170 valence electrons. The van der Waals surface area contributed by atoms with Gasteiger partial charge in [-0.25, -0.2) is 18.2 Å². The van der Waals surface area contributed by atoms with E-state index in [0.29, 0.717) is 49.8 Å². The molecule has 1 saturated heterocycles. The second-order valence-corrected chi connectivity index (χ2v) is 9.70. The Morgan fingerprint density at radius 3 is 2.62 bits per heavy atom. The largest absolute Gasteiger partial charge is 0.454 e. The Morgan fingerprint density at radius 1 is 1.16 bits per heavy atom. The standard InChI is InChI=1S/C23H27N3O5S/c1-4-26-21-9-8-18(32(28,29)25-10-12-30-13-11-25)14-20(21)24-22(26)15-31-23(27)19-7-5-6-16(2)17(19)3/h5-9,14H,4,10-13,15H2,1-3H3. The fourth-order valence-electron chi connectivity index (χ4n) is 3.90. The summed E-state index contributed by atoms with van der Waals surface area (Å²) in [7, 11) is -3.62. The molecule has 1 aliphatic heterocycles. The summed E-state index contributed by atoms with van der Waals surface area (Å²) in [4.78, 5) is 17.4. The summed E-state index contributed by atoms with van der Waals surface area (Å²) >= 11 is 0. The normalized spacial score (nSPS) is 15.2. The summed E-state index contributed by atoms with van der Waals surface area (Å²) in [5.41, 5.74) is 3.79. The van der Waals surface area contributed by atoms with E-state index in [1.165, 1.54) is 4.31 Å². The van der Waals surface area contributed by atoms with Crippen molar-refractivity contribution in [3.8, 4) is 0 Å². The lowest BCUT2D eigenvalue weighted by atomic mass is 10.0. The first-order chi connectivity index (χ1) is 15.3. The Morgan fingerprint density at radius 2 is 1.91 bits per heavy atom. The number of benzene rings is 2. The SMILES string of the molecule is CCn1c(COC(=O)c2cccc(C)c2C)nc2cc(S(=O)(=O)N3CCOCC3)ccc21. The number of fused-ring (bicyclic) bond motifs is 1. The molecule has 2 heterocycles. The average Bonchev–Trinajstić information content (AvgIpc) is 3.16. The molecule has 0 bridgehead atoms. The van der Waals surface area contributed by atoms with Crippen molar-refractivity contribution < 1.29 is 22.7 Å². The Bertz CT molecular complexity index is 1260. The van der Waals surface area contributed by atoms with E-state index in [2.05, 4.69) is 4.98 Å². The van der Waals surface area contributed by atoms with Crippen molar-refractivity contribution in [2.24, 2.45) is 0 Å². The van der Waals surface area contributed by atoms with Crippen LogP contribution in [0.3, 0.4) is 0 Å². The molecule has 0 amide bonds. The molecular formula is C23H27N3O5S. The molecule has 1 aliphatic rings. The van der Waals surface area contributed by atoms with Crippen LogP contribution < -0.4 is 0 Å². The summed E-state index contributed by atoms with van der Waals surface area (Å²) in [6, 6.07) is 10.5. The topological polar surface area (TPSA) is 90.7 Å². The van der Waals surface area contributed by atoms with E-state index < -0.39 is 16.0 Å². The predicted molar refractivity (Wildman–Crippen MR) is 120 cm³/mol. The minimum absolute atomic E-state index is 0.000280. The number of hydrogen-bond donors (Lipinski definition) is 0. The van der Waals surface area contributed by atoms with Crippen molar-refractivity contribution in [1.29, 1.82) is 0 Å². The third-order valence-electron chi connectivity index (χ3n) is 5.88. The van der Waals surface area contributed by atoms with Crippen molar-refractivity contribution in [3.63, 3.8) is 0 Å². The highest BCUT2D eigenvalue weighted by atomic mass is 32.2. The molecule has 1 fully saturated rings. The van der Waals surface area contributed by atoms with Gasteiger partial charge < -0.3 is 14.0 Å². The molecule has 0 spiro atoms. The fraction of sp³-hybridized carbons (Fsp3) is 0.391. The van der Waals surface area contributed by atoms with Crippen molar-refractivity contribution in [2.75, 3.05) is 26.3 Å². The minimum atomic E-state index is -3.62. The summed E-state index contributed by atoms with van der Waals surface area (Å²) < 4.78 is 40.2. The zero-order valence-electron chi connectivity index (χ0n) is 18.5. The number of ether oxygens (including phenoxy) is 2. The van der Waals surface area contributed by atoms with E-state index >= 15 is 0 Å². The van der Waals surface area contributed by atoms with Crippen LogP contribution in [0.4, 0.5) is 0 Å². The minimum Gasteiger partial charge on any atom is -0.454 e. The maximum Gasteiger partial charge on any atom is 0.338 e. The first kappa shape index (κ1) is 22.4. The summed E-state index contributed by atoms with van der Waals surface area (Å²) in [5, 5.41) is 0. The molecule has 3 aromatic rings. The van der Waals surface area contributed by atoms with Crippen molar-refractivity contribution in [1.82, 2.24) is 13.9 Å². The molecule has 8 nitrogen and oxygen atoms in total. The van der Waals surface area contributed by atoms with Gasteiger partial charge in [-0.2, -0.15) is 4.31 Å². The molecule has 1 aromatic heterocycles. The third-order valence-corrected chi connectivity index (χ3v) is 7.77. The van der Waals surface area contributed by atoms with Crippen LogP contribution in [0.15, 0.2) is 41.3 Å². The highest BCUT2D eigenvalue weighted by Gasteiger charge is 2.27. The van der Waals surface area contributed by atoms with Crippen molar-refractivity contribution >= 4 is 27.0 Å². The van der Waals surface area contributed by atoms with Gasteiger partial charge in [-0.05, 0) is 56.2 Å². The molecular weight excluding hydrogens is 430 g/mol. The van der Waals surface area contributed by atoms with Gasteiger partial charge in [0, 0.05) is 19.6 Å². The van der Waals surface area contributed by atoms with Gasteiger partial charge in [-0.15, -0.1) is 0 Å². The van der Waals surface area contributed by atoms with Gasteiger partial charge in [0.1, 0.15) is 12.4 Å². The fourth-order valence-corrected chi connectivity index (χ4v) is 5.33. The number of imidazole rings is 1. The molecule has 32 heavy (non-hydrogen) atoms. The number of sulfonamides is 1. The van der Waals surface area contributed by atoms with Gasteiger partial charge in [0.15, 0.2) is 0 Å². The monoisotopic (exact) mass is 457 g/mol. The molecule has 9 heteroatoms. The molecule has 0 atom stereocenters. The number of aryl methyl sites for hydroxylation is 2. The van der Waals surface area contributed by atoms with Crippen molar-refractivity contribution in [2.45, 2.75) is 38.8 Å². The number of hydrogen-bond acceptors (Lipinski definition) is 6. The van der Waals surface area contributed by atoms with E-state index in [0.717, 1.165) is 16.6 Å². The van der Waals surface area contributed by atoms with Crippen LogP contribution >= 0.6 is 0 Å². The maximum atomic E-state index is 13.0. The van der Waals surface area contributed by atoms with Gasteiger partial charge in [0.05, 0.1) is 34.7 Å². The number of carbonyl (C=O) groups is 1. The van der Waals surface area contributed by atoms with Crippen LogP contribution in [0.25, 0.3) is 11.0 Å². The van der Waals surface area contributed by atoms with Gasteiger partial charge >= 0.3 is 5.97 Å². The first-order valence-electron chi connectivity index (χ1n) is 10.6. The molecule has 0 saturated carbocycles. The molecule has 4 rings (SSSR count). The number of nitrogens with zero attached hydrogens (tertiary/aromatic N) is 3. The average molecular weight is 458 g/mol. The van der Waals surface area contributed by atoms with E-state index in [1.54, 1.807) is 24.3 Å². The van der Waals surface area contributed by atoms with Crippen molar-refractivity contribution in [3.05, 3.63) is 58.9 Å². The van der Waals surface area contributed by atoms with Gasteiger partial charge in [0.25, 0.3) is 0 Å². The number of carbonyl (C=O) groups excluding carboxylic acids is 1. The Labute approximate surface area is 187 Å². The Balaban J connectivity index is 1.60. The predicted octanol–water partition coefficient (Wildman–Crippen LogP) is 3.05. The summed E-state index contributed by atoms with van der Waals surface area (Å²) in [5.74, 6) is 0.165. The molecule has 0 radical (unpaired) electrons. The molecule has 0 unspecified atom stereocenters. The number of esters is 1. The van der Waals surface area contributed by atoms with E-state index in [-0.39, 0.29) is 11.5 Å². The van der Waals surface area contributed by atoms with Gasteiger partial charge in [-0.1, -0.05) is 12.1 Å². The highest BCUT2D eigenvalue weighted by molar-refractivity contribution is 7.89. The van der Waals surface area contributed by atoms with Crippen LogP contribution in [0.2, 0.25) is 0 Å². The lowest BCUT2D eigenvalue weighted by Gasteiger charge is -2.26. The van der Waals surface area contributed by atoms with Crippen LogP contribution in [-0.2, 0) is 32.6 Å². The molecule has 2 aromatic carbocycles. The Hall–Kier alpha value is -2.75. The van der Waals surface area contributed by atoms with Crippen LogP contribution in [-0.4, -0.2) is 54.5 Å². The quantitative estimate of drug-likeness (QED) is 0.529.